The molecule has 0 aromatic rings. The molecule has 0 fully saturated rings. The molecule has 0 saturated heterocycles. The molecule has 124 valence electrons. The SMILES string of the molecule is C=CC(C(C)C=C(C)C)N(CCC)CCCC(C)CCC. The second kappa shape index (κ2) is 12.0. The monoisotopic (exact) mass is 293 g/mol. The summed E-state index contributed by atoms with van der Waals surface area (Å²) in [6, 6.07) is 0.473. The van der Waals surface area contributed by atoms with Crippen molar-refractivity contribution in [1.82, 2.24) is 4.90 Å². The van der Waals surface area contributed by atoms with Gasteiger partial charge < -0.3 is 0 Å². The minimum Gasteiger partial charge on any atom is -0.296 e. The maximum atomic E-state index is 4.09. The Morgan fingerprint density at radius 3 is 2.19 bits per heavy atom. The van der Waals surface area contributed by atoms with Crippen molar-refractivity contribution in [2.24, 2.45) is 11.8 Å². The van der Waals surface area contributed by atoms with E-state index in [-0.39, 0.29) is 0 Å². The summed E-state index contributed by atoms with van der Waals surface area (Å²) in [5.41, 5.74) is 1.40. The average molecular weight is 294 g/mol. The highest BCUT2D eigenvalue weighted by Crippen LogP contribution is 2.19. The maximum absolute atomic E-state index is 4.09. The zero-order valence-electron chi connectivity index (χ0n) is 15.5. The molecule has 0 heterocycles. The summed E-state index contributed by atoms with van der Waals surface area (Å²) >= 11 is 0. The zero-order chi connectivity index (χ0) is 16.3. The average Bonchev–Trinajstić information content (AvgIpc) is 2.39. The highest BCUT2D eigenvalue weighted by Gasteiger charge is 2.19. The van der Waals surface area contributed by atoms with Gasteiger partial charge in [-0.3, -0.25) is 4.90 Å². The Morgan fingerprint density at radius 2 is 1.71 bits per heavy atom. The van der Waals surface area contributed by atoms with Gasteiger partial charge >= 0.3 is 0 Å². The van der Waals surface area contributed by atoms with Crippen LogP contribution < -0.4 is 0 Å². The van der Waals surface area contributed by atoms with Gasteiger partial charge in [-0.25, -0.2) is 0 Å². The fourth-order valence-corrected chi connectivity index (χ4v) is 3.30. The van der Waals surface area contributed by atoms with Crippen LogP contribution in [0.2, 0.25) is 0 Å². The maximum Gasteiger partial charge on any atom is 0.0335 e. The summed E-state index contributed by atoms with van der Waals surface area (Å²) in [4.78, 5) is 2.63. The fraction of sp³-hybridized carbons (Fsp3) is 0.800. The zero-order valence-corrected chi connectivity index (χ0v) is 15.5. The lowest BCUT2D eigenvalue weighted by Gasteiger charge is -2.33. The summed E-state index contributed by atoms with van der Waals surface area (Å²) in [6.07, 6.45) is 11.1. The Morgan fingerprint density at radius 1 is 1.05 bits per heavy atom. The van der Waals surface area contributed by atoms with E-state index in [0.717, 1.165) is 5.92 Å². The Hall–Kier alpha value is -0.560. The smallest absolute Gasteiger partial charge is 0.0335 e. The summed E-state index contributed by atoms with van der Waals surface area (Å²) < 4.78 is 0. The standard InChI is InChI=1S/C20H39N/c1-8-12-18(6)13-11-15-21(14-9-2)20(10-3)19(7)16-17(4)5/h10,16,18-20H,3,8-9,11-15H2,1-2,4-7H3. The Labute approximate surface area is 134 Å². The van der Waals surface area contributed by atoms with Crippen LogP contribution in [0.1, 0.15) is 73.6 Å². The van der Waals surface area contributed by atoms with Crippen LogP contribution in [0.4, 0.5) is 0 Å². The van der Waals surface area contributed by atoms with Crippen LogP contribution in [-0.2, 0) is 0 Å². The van der Waals surface area contributed by atoms with Gasteiger partial charge in [0.15, 0.2) is 0 Å². The molecule has 0 aromatic heterocycles. The summed E-state index contributed by atoms with van der Waals surface area (Å²) in [5.74, 6) is 1.42. The Kier molecular flexibility index (Phi) is 11.7. The molecule has 0 spiro atoms. The summed E-state index contributed by atoms with van der Waals surface area (Å²) in [5, 5.41) is 0. The first kappa shape index (κ1) is 20.4. The largest absolute Gasteiger partial charge is 0.296 e. The van der Waals surface area contributed by atoms with Crippen LogP contribution in [0.25, 0.3) is 0 Å². The normalized spacial score (nSPS) is 15.6. The third kappa shape index (κ3) is 9.14. The first-order valence-electron chi connectivity index (χ1n) is 8.97. The molecule has 0 aliphatic rings. The van der Waals surface area contributed by atoms with Crippen molar-refractivity contribution < 1.29 is 0 Å². The lowest BCUT2D eigenvalue weighted by Crippen LogP contribution is -2.39. The molecular weight excluding hydrogens is 254 g/mol. The molecule has 3 atom stereocenters. The van der Waals surface area contributed by atoms with E-state index in [1.165, 1.54) is 50.8 Å². The lowest BCUT2D eigenvalue weighted by atomic mass is 9.96. The molecule has 0 radical (unpaired) electrons. The van der Waals surface area contributed by atoms with Crippen molar-refractivity contribution in [3.8, 4) is 0 Å². The molecule has 0 saturated carbocycles. The van der Waals surface area contributed by atoms with E-state index >= 15 is 0 Å². The van der Waals surface area contributed by atoms with Gasteiger partial charge in [0.2, 0.25) is 0 Å². The van der Waals surface area contributed by atoms with E-state index in [0.29, 0.717) is 12.0 Å². The van der Waals surface area contributed by atoms with E-state index in [1.54, 1.807) is 0 Å². The van der Waals surface area contributed by atoms with Crippen molar-refractivity contribution in [2.75, 3.05) is 13.1 Å². The Bertz CT molecular complexity index is 288. The molecule has 0 aromatic carbocycles. The minimum absolute atomic E-state index is 0.473. The first-order chi connectivity index (χ1) is 9.96. The molecule has 0 bridgehead atoms. The van der Waals surface area contributed by atoms with Crippen molar-refractivity contribution in [1.29, 1.82) is 0 Å². The van der Waals surface area contributed by atoms with E-state index in [9.17, 15) is 0 Å². The van der Waals surface area contributed by atoms with Crippen LogP contribution >= 0.6 is 0 Å². The van der Waals surface area contributed by atoms with Gasteiger partial charge in [-0.15, -0.1) is 6.58 Å². The van der Waals surface area contributed by atoms with Crippen LogP contribution in [0.5, 0.6) is 0 Å². The molecule has 0 rings (SSSR count). The van der Waals surface area contributed by atoms with Gasteiger partial charge in [0, 0.05) is 6.04 Å². The number of hydrogen-bond acceptors (Lipinski definition) is 1. The second-order valence-corrected chi connectivity index (χ2v) is 6.90. The van der Waals surface area contributed by atoms with E-state index in [2.05, 4.69) is 65.2 Å². The number of allylic oxidation sites excluding steroid dienone is 1. The molecule has 1 nitrogen and oxygen atoms in total. The van der Waals surface area contributed by atoms with Crippen LogP contribution in [0.3, 0.4) is 0 Å². The highest BCUT2D eigenvalue weighted by molar-refractivity contribution is 5.04. The number of hydrogen-bond donors (Lipinski definition) is 0. The molecule has 1 heteroatoms. The summed E-state index contributed by atoms with van der Waals surface area (Å²) in [6.45, 7) is 20.1. The topological polar surface area (TPSA) is 3.24 Å². The third-order valence-corrected chi connectivity index (χ3v) is 4.23. The molecule has 0 amide bonds. The van der Waals surface area contributed by atoms with Gasteiger partial charge in [0.05, 0.1) is 0 Å². The van der Waals surface area contributed by atoms with Gasteiger partial charge in [-0.2, -0.15) is 0 Å². The highest BCUT2D eigenvalue weighted by atomic mass is 15.1. The van der Waals surface area contributed by atoms with Crippen LogP contribution in [0, 0.1) is 11.8 Å². The van der Waals surface area contributed by atoms with Crippen molar-refractivity contribution >= 4 is 0 Å². The molecule has 0 N–H and O–H groups in total. The van der Waals surface area contributed by atoms with E-state index in [4.69, 9.17) is 0 Å². The minimum atomic E-state index is 0.473. The van der Waals surface area contributed by atoms with Crippen molar-refractivity contribution in [3.63, 3.8) is 0 Å². The first-order valence-corrected chi connectivity index (χ1v) is 8.97. The predicted octanol–water partition coefficient (Wildman–Crippen LogP) is 6.07. The fourth-order valence-electron chi connectivity index (χ4n) is 3.30. The van der Waals surface area contributed by atoms with Gasteiger partial charge in [0.25, 0.3) is 0 Å². The quantitative estimate of drug-likeness (QED) is 0.395. The van der Waals surface area contributed by atoms with Gasteiger partial charge in [-0.1, -0.05) is 58.3 Å². The number of nitrogens with zero attached hydrogens (tertiary/aromatic N) is 1. The second-order valence-electron chi connectivity index (χ2n) is 6.90. The molecule has 3 unspecified atom stereocenters. The predicted molar refractivity (Wildman–Crippen MR) is 97.8 cm³/mol. The lowest BCUT2D eigenvalue weighted by molar-refractivity contribution is 0.192. The van der Waals surface area contributed by atoms with Gasteiger partial charge in [0.1, 0.15) is 0 Å². The molecular formula is C20H39N. The Balaban J connectivity index is 4.54. The van der Waals surface area contributed by atoms with Crippen molar-refractivity contribution in [3.05, 3.63) is 24.3 Å². The van der Waals surface area contributed by atoms with E-state index < -0.39 is 0 Å². The number of rotatable bonds is 12. The van der Waals surface area contributed by atoms with Crippen LogP contribution in [-0.4, -0.2) is 24.0 Å². The van der Waals surface area contributed by atoms with Crippen LogP contribution in [0.15, 0.2) is 24.3 Å². The van der Waals surface area contributed by atoms with Gasteiger partial charge in [-0.05, 0) is 58.0 Å². The van der Waals surface area contributed by atoms with E-state index in [1.807, 2.05) is 0 Å². The third-order valence-electron chi connectivity index (χ3n) is 4.23. The molecule has 21 heavy (non-hydrogen) atoms. The molecule has 0 aliphatic heterocycles. The summed E-state index contributed by atoms with van der Waals surface area (Å²) in [7, 11) is 0. The molecule has 0 aliphatic carbocycles. The van der Waals surface area contributed by atoms with Crippen molar-refractivity contribution in [2.45, 2.75) is 79.7 Å².